The highest BCUT2D eigenvalue weighted by atomic mass is 19.4. The van der Waals surface area contributed by atoms with Gasteiger partial charge in [0.25, 0.3) is 0 Å². The van der Waals surface area contributed by atoms with Crippen LogP contribution in [0.5, 0.6) is 0 Å². The Kier molecular flexibility index (Phi) is 5.83. The Morgan fingerprint density at radius 1 is 1.13 bits per heavy atom. The van der Waals surface area contributed by atoms with Crippen LogP contribution in [0.15, 0.2) is 36.7 Å². The maximum atomic E-state index is 13.2. The molecule has 0 amide bonds. The Morgan fingerprint density at radius 2 is 1.77 bits per heavy atom. The third-order valence-corrected chi connectivity index (χ3v) is 4.96. The summed E-state index contributed by atoms with van der Waals surface area (Å²) in [5.74, 6) is -0.489. The number of aryl methyl sites for hydroxylation is 1. The summed E-state index contributed by atoms with van der Waals surface area (Å²) in [4.78, 5) is 16.4. The zero-order valence-corrected chi connectivity index (χ0v) is 17.0. The number of hydrogen-bond donors (Lipinski definition) is 0. The van der Waals surface area contributed by atoms with Crippen LogP contribution in [0.3, 0.4) is 0 Å². The van der Waals surface area contributed by atoms with Gasteiger partial charge < -0.3 is 4.57 Å². The van der Waals surface area contributed by atoms with Crippen LogP contribution in [0, 0.1) is 12.7 Å². The minimum atomic E-state index is -4.57. The molecule has 0 N–H and O–H groups in total. The summed E-state index contributed by atoms with van der Waals surface area (Å²) in [5.41, 5.74) is 1.11. The molecular weight excluding hydrogens is 400 g/mol. The smallest absolute Gasteiger partial charge is 0.324 e. The van der Waals surface area contributed by atoms with E-state index >= 15 is 0 Å². The fraction of sp³-hybridized carbons (Fsp3) is 0.381. The van der Waals surface area contributed by atoms with Crippen molar-refractivity contribution in [3.05, 3.63) is 65.3 Å². The largest absolute Gasteiger partial charge is 0.434 e. The van der Waals surface area contributed by atoms with Crippen molar-refractivity contribution in [2.24, 2.45) is 0 Å². The number of Topliss-reactive ketones (excluding diaryl/α,β-unsaturated/α-hetero) is 1. The highest BCUT2D eigenvalue weighted by molar-refractivity contribution is 5.84. The van der Waals surface area contributed by atoms with Gasteiger partial charge in [0.05, 0.1) is 23.6 Å². The topological polar surface area (TPSA) is 52.7 Å². The molecule has 1 aromatic carbocycles. The molecule has 30 heavy (non-hydrogen) atoms. The van der Waals surface area contributed by atoms with E-state index in [-0.39, 0.29) is 29.8 Å². The van der Waals surface area contributed by atoms with Crippen molar-refractivity contribution in [3.8, 4) is 5.69 Å². The zero-order chi connectivity index (χ0) is 22.2. The number of benzene rings is 1. The summed E-state index contributed by atoms with van der Waals surface area (Å²) in [6.45, 7) is 6.88. The molecule has 2 heterocycles. The number of halogens is 4. The first-order chi connectivity index (χ1) is 14.0. The Labute approximate surface area is 171 Å². The number of hydrogen-bond acceptors (Lipinski definition) is 3. The third kappa shape index (κ3) is 4.29. The van der Waals surface area contributed by atoms with E-state index in [9.17, 15) is 22.4 Å². The lowest BCUT2D eigenvalue weighted by atomic mass is 9.99. The number of ketones is 1. The Morgan fingerprint density at radius 3 is 2.30 bits per heavy atom. The van der Waals surface area contributed by atoms with Crippen LogP contribution in [0.2, 0.25) is 0 Å². The number of aromatic nitrogens is 4. The molecule has 2 aromatic heterocycles. The Balaban J connectivity index is 1.88. The van der Waals surface area contributed by atoms with Gasteiger partial charge in [-0.05, 0) is 44.0 Å². The van der Waals surface area contributed by atoms with Crippen LogP contribution in [0.4, 0.5) is 17.6 Å². The lowest BCUT2D eigenvalue weighted by Crippen LogP contribution is -2.20. The second-order valence-electron chi connectivity index (χ2n) is 7.50. The van der Waals surface area contributed by atoms with Gasteiger partial charge in [0, 0.05) is 18.2 Å². The predicted molar refractivity (Wildman–Crippen MR) is 103 cm³/mol. The molecule has 0 aliphatic rings. The molecule has 3 aromatic rings. The van der Waals surface area contributed by atoms with Crippen LogP contribution in [-0.4, -0.2) is 25.1 Å². The van der Waals surface area contributed by atoms with Gasteiger partial charge in [-0.25, -0.2) is 14.1 Å². The molecular formula is C21H22F4N4O. The zero-order valence-electron chi connectivity index (χ0n) is 17.0. The fourth-order valence-electron chi connectivity index (χ4n) is 3.44. The number of alkyl halides is 3. The van der Waals surface area contributed by atoms with Crippen molar-refractivity contribution >= 4 is 5.78 Å². The minimum Gasteiger partial charge on any atom is -0.324 e. The first-order valence-corrected chi connectivity index (χ1v) is 9.47. The first kappa shape index (κ1) is 21.7. The summed E-state index contributed by atoms with van der Waals surface area (Å²) in [6.07, 6.45) is -2.12. The predicted octanol–water partition coefficient (Wildman–Crippen LogP) is 5.03. The molecule has 0 saturated carbocycles. The molecule has 0 aliphatic carbocycles. The van der Waals surface area contributed by atoms with Gasteiger partial charge in [0.1, 0.15) is 11.6 Å². The van der Waals surface area contributed by atoms with E-state index in [2.05, 4.69) is 10.1 Å². The third-order valence-electron chi connectivity index (χ3n) is 4.96. The molecule has 0 bridgehead atoms. The summed E-state index contributed by atoms with van der Waals surface area (Å²) in [7, 11) is 0. The Bertz CT molecular complexity index is 1050. The monoisotopic (exact) mass is 422 g/mol. The summed E-state index contributed by atoms with van der Waals surface area (Å²) in [6, 6.07) is 5.02. The molecule has 3 rings (SSSR count). The van der Waals surface area contributed by atoms with E-state index in [0.717, 1.165) is 11.9 Å². The van der Waals surface area contributed by atoms with E-state index in [4.69, 9.17) is 0 Å². The average molecular weight is 422 g/mol. The van der Waals surface area contributed by atoms with Gasteiger partial charge in [-0.15, -0.1) is 0 Å². The Hall–Kier alpha value is -2.97. The molecule has 160 valence electrons. The fourth-order valence-corrected chi connectivity index (χ4v) is 3.44. The van der Waals surface area contributed by atoms with Crippen LogP contribution in [0.25, 0.3) is 5.69 Å². The van der Waals surface area contributed by atoms with Crippen molar-refractivity contribution in [2.75, 3.05) is 0 Å². The van der Waals surface area contributed by atoms with Crippen LogP contribution < -0.4 is 0 Å². The molecule has 0 radical (unpaired) electrons. The number of nitrogens with zero attached hydrogens (tertiary/aromatic N) is 4. The quantitative estimate of drug-likeness (QED) is 0.524. The SMILES string of the molecule is Cc1nc(C(F)(F)F)cn1C(C)C(=O)Cc1cnn(-c2ccc(F)cc2)c1C(C)C. The number of rotatable bonds is 6. The number of carbonyl (C=O) groups excluding carboxylic acids is 1. The molecule has 9 heteroatoms. The van der Waals surface area contributed by atoms with Crippen molar-refractivity contribution < 1.29 is 22.4 Å². The highest BCUT2D eigenvalue weighted by Crippen LogP contribution is 2.30. The molecule has 0 spiro atoms. The number of carbonyl (C=O) groups is 1. The van der Waals surface area contributed by atoms with E-state index in [1.165, 1.54) is 23.6 Å². The minimum absolute atomic E-state index is 0.00878. The van der Waals surface area contributed by atoms with Crippen LogP contribution in [-0.2, 0) is 17.4 Å². The van der Waals surface area contributed by atoms with E-state index in [1.807, 2.05) is 13.8 Å². The molecule has 0 saturated heterocycles. The molecule has 1 unspecified atom stereocenters. The summed E-state index contributed by atoms with van der Waals surface area (Å²) >= 11 is 0. The second kappa shape index (κ2) is 8.04. The van der Waals surface area contributed by atoms with Gasteiger partial charge in [0.15, 0.2) is 11.5 Å². The molecule has 5 nitrogen and oxygen atoms in total. The first-order valence-electron chi connectivity index (χ1n) is 9.47. The van der Waals surface area contributed by atoms with Crippen molar-refractivity contribution in [3.63, 3.8) is 0 Å². The van der Waals surface area contributed by atoms with Gasteiger partial charge in [-0.3, -0.25) is 4.79 Å². The standard InChI is InChI=1S/C21H22F4N4O/c1-12(2)20-15(10-26-29(20)17-7-5-16(22)6-8-17)9-18(30)13(3)28-11-19(21(23,24)25)27-14(28)4/h5-8,10-13H,9H2,1-4H3. The molecule has 0 aliphatic heterocycles. The average Bonchev–Trinajstić information content (AvgIpc) is 3.25. The van der Waals surface area contributed by atoms with Gasteiger partial charge in [-0.1, -0.05) is 13.8 Å². The molecule has 0 fully saturated rings. The van der Waals surface area contributed by atoms with Crippen molar-refractivity contribution in [2.45, 2.75) is 52.3 Å². The molecule has 1 atom stereocenters. The number of imidazole rings is 1. The second-order valence-corrected chi connectivity index (χ2v) is 7.50. The van der Waals surface area contributed by atoms with Gasteiger partial charge in [0.2, 0.25) is 0 Å². The summed E-state index contributed by atoms with van der Waals surface area (Å²) < 4.78 is 54.9. The lowest BCUT2D eigenvalue weighted by Gasteiger charge is -2.16. The van der Waals surface area contributed by atoms with Gasteiger partial charge in [-0.2, -0.15) is 18.3 Å². The maximum Gasteiger partial charge on any atom is 0.434 e. The van der Waals surface area contributed by atoms with Crippen molar-refractivity contribution in [1.29, 1.82) is 0 Å². The normalized spacial score (nSPS) is 13.1. The highest BCUT2D eigenvalue weighted by Gasteiger charge is 2.35. The maximum absolute atomic E-state index is 13.2. The van der Waals surface area contributed by atoms with Crippen molar-refractivity contribution in [1.82, 2.24) is 19.3 Å². The van der Waals surface area contributed by atoms with Crippen LogP contribution >= 0.6 is 0 Å². The lowest BCUT2D eigenvalue weighted by molar-refractivity contribution is -0.141. The summed E-state index contributed by atoms with van der Waals surface area (Å²) in [5, 5.41) is 4.35. The van der Waals surface area contributed by atoms with E-state index < -0.39 is 17.9 Å². The van der Waals surface area contributed by atoms with E-state index in [0.29, 0.717) is 11.3 Å². The van der Waals surface area contributed by atoms with E-state index in [1.54, 1.807) is 29.9 Å². The van der Waals surface area contributed by atoms with Crippen LogP contribution in [0.1, 0.15) is 55.5 Å². The van der Waals surface area contributed by atoms with Gasteiger partial charge >= 0.3 is 6.18 Å².